The first-order valence-corrected chi connectivity index (χ1v) is 6.72. The fourth-order valence-corrected chi connectivity index (χ4v) is 1.99. The Morgan fingerprint density at radius 1 is 1.35 bits per heavy atom. The van der Waals surface area contributed by atoms with Gasteiger partial charge in [0.15, 0.2) is 0 Å². The number of hydrogen-bond donors (Lipinski definition) is 1. The number of anilines is 1. The number of halogens is 1. The molecule has 1 amide bonds. The van der Waals surface area contributed by atoms with Crippen molar-refractivity contribution in [2.24, 2.45) is 0 Å². The topological polar surface area (TPSA) is 32.3 Å². The highest BCUT2D eigenvalue weighted by Gasteiger charge is 2.05. The molecule has 0 saturated heterocycles. The molecule has 17 heavy (non-hydrogen) atoms. The van der Waals surface area contributed by atoms with Gasteiger partial charge in [-0.05, 0) is 31.3 Å². The quantitative estimate of drug-likeness (QED) is 0.875. The molecule has 0 spiro atoms. The van der Waals surface area contributed by atoms with E-state index in [0.29, 0.717) is 6.42 Å². The Morgan fingerprint density at radius 3 is 2.65 bits per heavy atom. The molecule has 94 valence electrons. The molecular formula is C13H19BrN2O. The molecule has 0 aliphatic heterocycles. The summed E-state index contributed by atoms with van der Waals surface area (Å²) in [6.45, 7) is 7.00. The van der Waals surface area contributed by atoms with Crippen LogP contribution in [0.3, 0.4) is 0 Å². The molecular weight excluding hydrogens is 280 g/mol. The van der Waals surface area contributed by atoms with Crippen molar-refractivity contribution >= 4 is 27.5 Å². The van der Waals surface area contributed by atoms with Crippen LogP contribution in [-0.4, -0.2) is 30.4 Å². The third kappa shape index (κ3) is 5.33. The summed E-state index contributed by atoms with van der Waals surface area (Å²) in [6.07, 6.45) is 0.536. The van der Waals surface area contributed by atoms with Gasteiger partial charge in [0.25, 0.3) is 0 Å². The van der Waals surface area contributed by atoms with E-state index >= 15 is 0 Å². The van der Waals surface area contributed by atoms with Gasteiger partial charge in [0.2, 0.25) is 5.91 Å². The molecule has 1 aromatic rings. The molecule has 4 heteroatoms. The number of nitrogens with one attached hydrogen (secondary N) is 1. The smallest absolute Gasteiger partial charge is 0.225 e. The summed E-state index contributed by atoms with van der Waals surface area (Å²) >= 11 is 3.38. The van der Waals surface area contributed by atoms with Crippen LogP contribution in [0.1, 0.15) is 20.3 Å². The molecule has 1 aromatic carbocycles. The molecule has 0 heterocycles. The average Bonchev–Trinajstić information content (AvgIpc) is 2.30. The largest absolute Gasteiger partial charge is 0.326 e. The van der Waals surface area contributed by atoms with E-state index in [0.717, 1.165) is 29.8 Å². The lowest BCUT2D eigenvalue weighted by atomic mass is 10.3. The van der Waals surface area contributed by atoms with Gasteiger partial charge in [0, 0.05) is 23.1 Å². The van der Waals surface area contributed by atoms with E-state index < -0.39 is 0 Å². The van der Waals surface area contributed by atoms with Crippen molar-refractivity contribution in [1.82, 2.24) is 4.90 Å². The van der Waals surface area contributed by atoms with Crippen molar-refractivity contribution in [3.8, 4) is 0 Å². The maximum absolute atomic E-state index is 11.7. The van der Waals surface area contributed by atoms with E-state index in [1.807, 2.05) is 24.3 Å². The predicted octanol–water partition coefficient (Wildman–Crippen LogP) is 3.12. The zero-order chi connectivity index (χ0) is 12.7. The highest BCUT2D eigenvalue weighted by molar-refractivity contribution is 9.10. The number of rotatable bonds is 6. The molecule has 0 radical (unpaired) electrons. The molecule has 1 rings (SSSR count). The van der Waals surface area contributed by atoms with Gasteiger partial charge >= 0.3 is 0 Å². The maximum Gasteiger partial charge on any atom is 0.225 e. The van der Waals surface area contributed by atoms with Crippen molar-refractivity contribution in [2.45, 2.75) is 20.3 Å². The number of benzene rings is 1. The average molecular weight is 299 g/mol. The van der Waals surface area contributed by atoms with Crippen molar-refractivity contribution in [3.05, 3.63) is 28.7 Å². The van der Waals surface area contributed by atoms with Crippen LogP contribution in [0.15, 0.2) is 28.7 Å². The van der Waals surface area contributed by atoms with Crippen molar-refractivity contribution in [2.75, 3.05) is 25.0 Å². The lowest BCUT2D eigenvalue weighted by Crippen LogP contribution is -2.27. The van der Waals surface area contributed by atoms with Crippen LogP contribution in [0, 0.1) is 0 Å². The Labute approximate surface area is 111 Å². The van der Waals surface area contributed by atoms with Gasteiger partial charge in [-0.1, -0.05) is 35.8 Å². The molecule has 0 aromatic heterocycles. The molecule has 0 aliphatic carbocycles. The Balaban J connectivity index is 2.39. The maximum atomic E-state index is 11.7. The van der Waals surface area contributed by atoms with Crippen LogP contribution >= 0.6 is 15.9 Å². The van der Waals surface area contributed by atoms with Gasteiger partial charge in [-0.2, -0.15) is 0 Å². The van der Waals surface area contributed by atoms with E-state index in [2.05, 4.69) is 40.0 Å². The normalized spacial score (nSPS) is 10.6. The zero-order valence-corrected chi connectivity index (χ0v) is 12.0. The third-order valence-corrected chi connectivity index (χ3v) is 3.15. The minimum Gasteiger partial charge on any atom is -0.326 e. The Hall–Kier alpha value is -0.870. The number of carbonyl (C=O) groups is 1. The van der Waals surface area contributed by atoms with Crippen LogP contribution in [-0.2, 0) is 4.79 Å². The predicted molar refractivity (Wildman–Crippen MR) is 75.2 cm³/mol. The van der Waals surface area contributed by atoms with Crippen molar-refractivity contribution in [1.29, 1.82) is 0 Å². The van der Waals surface area contributed by atoms with Crippen LogP contribution in [0.5, 0.6) is 0 Å². The number of amides is 1. The fraction of sp³-hybridized carbons (Fsp3) is 0.462. The van der Waals surface area contributed by atoms with E-state index in [1.165, 1.54) is 0 Å². The lowest BCUT2D eigenvalue weighted by Gasteiger charge is -2.17. The van der Waals surface area contributed by atoms with Gasteiger partial charge in [0.05, 0.1) is 0 Å². The second-order valence-electron chi connectivity index (χ2n) is 3.84. The van der Waals surface area contributed by atoms with E-state index in [1.54, 1.807) is 0 Å². The summed E-state index contributed by atoms with van der Waals surface area (Å²) in [7, 11) is 0. The van der Waals surface area contributed by atoms with Crippen LogP contribution in [0.25, 0.3) is 0 Å². The molecule has 0 atom stereocenters. The SMILES string of the molecule is CCN(CC)CCC(=O)Nc1cccc(Br)c1. The lowest BCUT2D eigenvalue weighted by molar-refractivity contribution is -0.116. The standard InChI is InChI=1S/C13H19BrN2O/c1-3-16(4-2)9-8-13(17)15-12-7-5-6-11(14)10-12/h5-7,10H,3-4,8-9H2,1-2H3,(H,15,17). The molecule has 0 bridgehead atoms. The minimum absolute atomic E-state index is 0.0648. The Morgan fingerprint density at radius 2 is 2.06 bits per heavy atom. The van der Waals surface area contributed by atoms with E-state index in [-0.39, 0.29) is 5.91 Å². The summed E-state index contributed by atoms with van der Waals surface area (Å²) in [5, 5.41) is 2.89. The van der Waals surface area contributed by atoms with Crippen molar-refractivity contribution < 1.29 is 4.79 Å². The zero-order valence-electron chi connectivity index (χ0n) is 10.4. The summed E-state index contributed by atoms with van der Waals surface area (Å²) in [6, 6.07) is 7.63. The van der Waals surface area contributed by atoms with E-state index in [4.69, 9.17) is 0 Å². The molecule has 0 aliphatic rings. The minimum atomic E-state index is 0.0648. The van der Waals surface area contributed by atoms with Gasteiger partial charge in [-0.15, -0.1) is 0 Å². The summed E-state index contributed by atoms with van der Waals surface area (Å²) in [4.78, 5) is 13.9. The number of nitrogens with zero attached hydrogens (tertiary/aromatic N) is 1. The Bertz CT molecular complexity index is 364. The van der Waals surface area contributed by atoms with Crippen LogP contribution < -0.4 is 5.32 Å². The van der Waals surface area contributed by atoms with Gasteiger partial charge in [0.1, 0.15) is 0 Å². The fourth-order valence-electron chi connectivity index (χ4n) is 1.59. The molecule has 0 fully saturated rings. The first kappa shape index (κ1) is 14.2. The molecule has 0 unspecified atom stereocenters. The van der Waals surface area contributed by atoms with Crippen molar-refractivity contribution in [3.63, 3.8) is 0 Å². The van der Waals surface area contributed by atoms with Gasteiger partial charge < -0.3 is 10.2 Å². The van der Waals surface area contributed by atoms with Crippen LogP contribution in [0.4, 0.5) is 5.69 Å². The molecule has 0 saturated carbocycles. The number of carbonyl (C=O) groups excluding carboxylic acids is 1. The highest BCUT2D eigenvalue weighted by Crippen LogP contribution is 2.15. The first-order valence-electron chi connectivity index (χ1n) is 5.93. The molecule has 3 nitrogen and oxygen atoms in total. The van der Waals surface area contributed by atoms with Gasteiger partial charge in [-0.25, -0.2) is 0 Å². The summed E-state index contributed by atoms with van der Waals surface area (Å²) in [5.74, 6) is 0.0648. The highest BCUT2D eigenvalue weighted by atomic mass is 79.9. The van der Waals surface area contributed by atoms with Gasteiger partial charge in [-0.3, -0.25) is 4.79 Å². The third-order valence-electron chi connectivity index (χ3n) is 2.66. The van der Waals surface area contributed by atoms with Crippen LogP contribution in [0.2, 0.25) is 0 Å². The summed E-state index contributed by atoms with van der Waals surface area (Å²) < 4.78 is 0.971. The first-order chi connectivity index (χ1) is 8.15. The monoisotopic (exact) mass is 298 g/mol. The van der Waals surface area contributed by atoms with E-state index in [9.17, 15) is 4.79 Å². The molecule has 1 N–H and O–H groups in total. The second kappa shape index (κ2) is 7.45. The number of hydrogen-bond acceptors (Lipinski definition) is 2. The second-order valence-corrected chi connectivity index (χ2v) is 4.75. The summed E-state index contributed by atoms with van der Waals surface area (Å²) in [5.41, 5.74) is 0.837. The Kier molecular flexibility index (Phi) is 6.22.